The Kier molecular flexibility index (Phi) is 48.3. The van der Waals surface area contributed by atoms with Gasteiger partial charge in [0.1, 0.15) is 13.2 Å². The molecule has 0 heterocycles. The first-order valence-corrected chi connectivity index (χ1v) is 26.7. The van der Waals surface area contributed by atoms with Crippen molar-refractivity contribution < 1.29 is 28.6 Å². The molecule has 0 fully saturated rings. The van der Waals surface area contributed by atoms with Crippen molar-refractivity contribution in [1.29, 1.82) is 0 Å². The number of allylic oxidation sites excluding steroid dienone is 2. The fourth-order valence-corrected chi connectivity index (χ4v) is 7.97. The van der Waals surface area contributed by atoms with Crippen LogP contribution in [0.15, 0.2) is 12.2 Å². The molecular formula is C54H102O6. The van der Waals surface area contributed by atoms with Crippen LogP contribution in [0.3, 0.4) is 0 Å². The molecule has 6 nitrogen and oxygen atoms in total. The van der Waals surface area contributed by atoms with Crippen molar-refractivity contribution in [1.82, 2.24) is 0 Å². The molecule has 0 saturated carbocycles. The SMILES string of the molecule is CCCCCCC/C=C\CCCCCCCC(=O)OC[C@@H](COC(=O)CCCCCCCCCCCCCCCC)OC(=O)CCCCCCCCCCCCCCCC. The van der Waals surface area contributed by atoms with E-state index in [1.807, 2.05) is 0 Å². The summed E-state index contributed by atoms with van der Waals surface area (Å²) in [7, 11) is 0. The summed E-state index contributed by atoms with van der Waals surface area (Å²) >= 11 is 0. The fourth-order valence-electron chi connectivity index (χ4n) is 7.97. The van der Waals surface area contributed by atoms with Crippen LogP contribution in [-0.2, 0) is 28.6 Å². The summed E-state index contributed by atoms with van der Waals surface area (Å²) in [6.45, 7) is 6.66. The van der Waals surface area contributed by atoms with Gasteiger partial charge >= 0.3 is 17.9 Å². The molecule has 1 atom stereocenters. The van der Waals surface area contributed by atoms with Crippen molar-refractivity contribution in [2.75, 3.05) is 13.2 Å². The van der Waals surface area contributed by atoms with Gasteiger partial charge in [-0.1, -0.05) is 245 Å². The molecule has 0 aromatic carbocycles. The van der Waals surface area contributed by atoms with Gasteiger partial charge in [-0.3, -0.25) is 14.4 Å². The highest BCUT2D eigenvalue weighted by Crippen LogP contribution is 2.16. The lowest BCUT2D eigenvalue weighted by Gasteiger charge is -2.18. The van der Waals surface area contributed by atoms with Gasteiger partial charge in [0.15, 0.2) is 6.10 Å². The molecule has 0 spiro atoms. The number of esters is 3. The van der Waals surface area contributed by atoms with E-state index in [1.165, 1.54) is 193 Å². The normalized spacial score (nSPS) is 12.0. The van der Waals surface area contributed by atoms with Gasteiger partial charge in [-0.05, 0) is 44.9 Å². The van der Waals surface area contributed by atoms with Gasteiger partial charge < -0.3 is 14.2 Å². The van der Waals surface area contributed by atoms with Gasteiger partial charge in [0.05, 0.1) is 0 Å². The summed E-state index contributed by atoms with van der Waals surface area (Å²) < 4.78 is 16.8. The van der Waals surface area contributed by atoms with Crippen LogP contribution in [0.2, 0.25) is 0 Å². The first-order chi connectivity index (χ1) is 29.5. The zero-order valence-electron chi connectivity index (χ0n) is 40.5. The predicted molar refractivity (Wildman–Crippen MR) is 256 cm³/mol. The Morgan fingerprint density at radius 3 is 0.833 bits per heavy atom. The van der Waals surface area contributed by atoms with E-state index in [1.54, 1.807) is 0 Å². The highest BCUT2D eigenvalue weighted by atomic mass is 16.6. The van der Waals surface area contributed by atoms with E-state index in [0.717, 1.165) is 64.2 Å². The zero-order chi connectivity index (χ0) is 43.7. The van der Waals surface area contributed by atoms with Crippen molar-refractivity contribution in [2.24, 2.45) is 0 Å². The lowest BCUT2D eigenvalue weighted by atomic mass is 10.0. The van der Waals surface area contributed by atoms with Crippen molar-refractivity contribution >= 4 is 17.9 Å². The van der Waals surface area contributed by atoms with E-state index in [0.29, 0.717) is 19.3 Å². The maximum absolute atomic E-state index is 12.8. The number of carbonyl (C=O) groups excluding carboxylic acids is 3. The summed E-state index contributed by atoms with van der Waals surface area (Å²) in [5, 5.41) is 0. The Morgan fingerprint density at radius 1 is 0.317 bits per heavy atom. The number of carbonyl (C=O) groups is 3. The van der Waals surface area contributed by atoms with Crippen molar-refractivity contribution in [3.05, 3.63) is 12.2 Å². The summed E-state index contributed by atoms with van der Waals surface area (Å²) in [5.41, 5.74) is 0. The molecule has 0 amide bonds. The van der Waals surface area contributed by atoms with Crippen LogP contribution in [0, 0.1) is 0 Å². The third-order valence-corrected chi connectivity index (χ3v) is 12.0. The Balaban J connectivity index is 4.33. The fraction of sp³-hybridized carbons (Fsp3) is 0.907. The van der Waals surface area contributed by atoms with Crippen LogP contribution >= 0.6 is 0 Å². The number of rotatable bonds is 49. The van der Waals surface area contributed by atoms with Crippen molar-refractivity contribution in [3.63, 3.8) is 0 Å². The Morgan fingerprint density at radius 2 is 0.550 bits per heavy atom. The average Bonchev–Trinajstić information content (AvgIpc) is 3.24. The Labute approximate surface area is 373 Å². The quantitative estimate of drug-likeness (QED) is 0.0263. The van der Waals surface area contributed by atoms with E-state index in [-0.39, 0.29) is 31.1 Å². The highest BCUT2D eigenvalue weighted by molar-refractivity contribution is 5.71. The topological polar surface area (TPSA) is 78.9 Å². The van der Waals surface area contributed by atoms with Crippen LogP contribution in [0.5, 0.6) is 0 Å². The molecule has 0 aromatic heterocycles. The van der Waals surface area contributed by atoms with Gasteiger partial charge in [0.25, 0.3) is 0 Å². The number of ether oxygens (including phenoxy) is 3. The highest BCUT2D eigenvalue weighted by Gasteiger charge is 2.19. The zero-order valence-corrected chi connectivity index (χ0v) is 40.5. The first-order valence-electron chi connectivity index (χ1n) is 26.7. The molecule has 0 aliphatic carbocycles. The van der Waals surface area contributed by atoms with Crippen LogP contribution in [0.1, 0.15) is 297 Å². The molecule has 0 saturated heterocycles. The minimum absolute atomic E-state index is 0.0670. The smallest absolute Gasteiger partial charge is 0.306 e. The summed E-state index contributed by atoms with van der Waals surface area (Å²) in [5.74, 6) is -0.857. The molecule has 0 unspecified atom stereocenters. The summed E-state index contributed by atoms with van der Waals surface area (Å²) in [6.07, 6.45) is 54.7. The number of hydrogen-bond acceptors (Lipinski definition) is 6. The Bertz CT molecular complexity index is 931. The van der Waals surface area contributed by atoms with E-state index in [2.05, 4.69) is 32.9 Å². The van der Waals surface area contributed by atoms with E-state index >= 15 is 0 Å². The van der Waals surface area contributed by atoms with Crippen molar-refractivity contribution in [2.45, 2.75) is 303 Å². The monoisotopic (exact) mass is 847 g/mol. The van der Waals surface area contributed by atoms with Crippen LogP contribution < -0.4 is 0 Å². The predicted octanol–water partition coefficient (Wildman–Crippen LogP) is 17.4. The molecule has 0 aromatic rings. The summed E-state index contributed by atoms with van der Waals surface area (Å²) in [6, 6.07) is 0. The molecule has 0 aliphatic rings. The third kappa shape index (κ3) is 47.2. The molecule has 0 rings (SSSR count). The second-order valence-corrected chi connectivity index (χ2v) is 18.2. The third-order valence-electron chi connectivity index (χ3n) is 12.0. The minimum atomic E-state index is -0.766. The molecule has 354 valence electrons. The lowest BCUT2D eigenvalue weighted by molar-refractivity contribution is -0.167. The molecule has 0 bridgehead atoms. The van der Waals surface area contributed by atoms with Crippen LogP contribution in [0.25, 0.3) is 0 Å². The van der Waals surface area contributed by atoms with E-state index < -0.39 is 6.10 Å². The average molecular weight is 847 g/mol. The van der Waals surface area contributed by atoms with E-state index in [4.69, 9.17) is 14.2 Å². The second kappa shape index (κ2) is 49.8. The van der Waals surface area contributed by atoms with Gasteiger partial charge in [-0.2, -0.15) is 0 Å². The molecule has 60 heavy (non-hydrogen) atoms. The second-order valence-electron chi connectivity index (χ2n) is 18.2. The molecule has 6 heteroatoms. The van der Waals surface area contributed by atoms with Crippen LogP contribution in [-0.4, -0.2) is 37.2 Å². The maximum atomic E-state index is 12.8. The number of hydrogen-bond donors (Lipinski definition) is 0. The van der Waals surface area contributed by atoms with Crippen molar-refractivity contribution in [3.8, 4) is 0 Å². The van der Waals surface area contributed by atoms with Gasteiger partial charge in [-0.15, -0.1) is 0 Å². The molecule has 0 radical (unpaired) electrons. The Hall–Kier alpha value is -1.85. The van der Waals surface area contributed by atoms with Gasteiger partial charge in [-0.25, -0.2) is 0 Å². The van der Waals surface area contributed by atoms with Crippen LogP contribution in [0.4, 0.5) is 0 Å². The summed E-state index contributed by atoms with van der Waals surface area (Å²) in [4.78, 5) is 38.0. The largest absolute Gasteiger partial charge is 0.462 e. The van der Waals surface area contributed by atoms with Gasteiger partial charge in [0, 0.05) is 19.3 Å². The van der Waals surface area contributed by atoms with E-state index in [9.17, 15) is 14.4 Å². The number of unbranched alkanes of at least 4 members (excludes halogenated alkanes) is 36. The maximum Gasteiger partial charge on any atom is 0.306 e. The van der Waals surface area contributed by atoms with Gasteiger partial charge in [0.2, 0.25) is 0 Å². The molecule has 0 N–H and O–H groups in total. The lowest BCUT2D eigenvalue weighted by Crippen LogP contribution is -2.30. The molecule has 0 aliphatic heterocycles. The standard InChI is InChI=1S/C54H102O6/c1-4-7-10-13-16-19-22-25-28-31-34-37-40-43-46-52(55)58-49-51(60-54(57)48-45-42-39-36-33-30-27-24-21-18-15-12-9-6-3)50-59-53(56)47-44-41-38-35-32-29-26-23-20-17-14-11-8-5-2/h22,25,51H,4-21,23-24,26-50H2,1-3H3/b25-22-/t51-/m0/s1. The molecular weight excluding hydrogens is 745 g/mol. The minimum Gasteiger partial charge on any atom is -0.462 e. The first kappa shape index (κ1) is 58.1.